The minimum Gasteiger partial charge on any atom is -0.362 e. The third kappa shape index (κ3) is 4.46. The molecule has 1 amide bonds. The van der Waals surface area contributed by atoms with Gasteiger partial charge in [-0.15, -0.1) is 11.3 Å². The molecule has 3 heterocycles. The van der Waals surface area contributed by atoms with Crippen molar-refractivity contribution in [2.24, 2.45) is 0 Å². The number of carbonyl (C=O) groups excluding carboxylic acids is 2. The number of nitrogens with zero attached hydrogens (tertiary/aromatic N) is 1. The second-order valence-corrected chi connectivity index (χ2v) is 10.9. The van der Waals surface area contributed by atoms with E-state index >= 15 is 0 Å². The zero-order valence-electron chi connectivity index (χ0n) is 20.4. The third-order valence-electron chi connectivity index (χ3n) is 6.89. The highest BCUT2D eigenvalue weighted by molar-refractivity contribution is 7.12. The number of hydrogen-bond donors (Lipinski definition) is 2. The van der Waals surface area contributed by atoms with Crippen LogP contribution in [0.3, 0.4) is 0 Å². The third-order valence-corrected chi connectivity index (χ3v) is 7.87. The second kappa shape index (κ2) is 9.27. The lowest BCUT2D eigenvalue weighted by Gasteiger charge is -2.37. The molecule has 1 aliphatic carbocycles. The molecular weight excluding hydrogens is 454 g/mol. The van der Waals surface area contributed by atoms with E-state index in [1.165, 1.54) is 10.4 Å². The fraction of sp³-hybridized carbons (Fsp3) is 0.276. The maximum Gasteiger partial charge on any atom is 0.255 e. The number of benzene rings is 1. The van der Waals surface area contributed by atoms with Gasteiger partial charge >= 0.3 is 0 Å². The highest BCUT2D eigenvalue weighted by Gasteiger charge is 2.41. The summed E-state index contributed by atoms with van der Waals surface area (Å²) in [5.41, 5.74) is 6.25. The standard InChI is InChI=1S/C29H29N3O2S/c1-16-10-11-30-25(12-16)32-29(34)26-18(3)31-23-14-21(20-8-6-5-7-9-20)15-24(33)28(23)27(26)22-13-17(2)35-19(22)4/h5-13,21,27,31H,14-15H2,1-4H3,(H,30,32,34)/t21-,27+/m1/s1. The maximum atomic E-state index is 13.7. The molecule has 2 aromatic heterocycles. The van der Waals surface area contributed by atoms with Crippen LogP contribution < -0.4 is 10.6 Å². The van der Waals surface area contributed by atoms with Crippen molar-refractivity contribution in [3.05, 3.63) is 104 Å². The van der Waals surface area contributed by atoms with Gasteiger partial charge < -0.3 is 10.6 Å². The molecule has 0 fully saturated rings. The van der Waals surface area contributed by atoms with E-state index < -0.39 is 5.92 Å². The van der Waals surface area contributed by atoms with E-state index in [4.69, 9.17) is 0 Å². The number of aryl methyl sites for hydroxylation is 3. The van der Waals surface area contributed by atoms with E-state index in [2.05, 4.69) is 47.7 Å². The topological polar surface area (TPSA) is 71.1 Å². The van der Waals surface area contributed by atoms with E-state index in [9.17, 15) is 9.59 Å². The fourth-order valence-electron chi connectivity index (χ4n) is 5.34. The number of nitrogens with one attached hydrogen (secondary N) is 2. The Balaban J connectivity index is 1.58. The summed E-state index contributed by atoms with van der Waals surface area (Å²) >= 11 is 1.70. The zero-order valence-corrected chi connectivity index (χ0v) is 21.3. The van der Waals surface area contributed by atoms with Crippen molar-refractivity contribution in [1.82, 2.24) is 10.3 Å². The molecule has 5 nitrogen and oxygen atoms in total. The molecule has 1 aliphatic heterocycles. The number of dihydropyridines is 1. The van der Waals surface area contributed by atoms with Gasteiger partial charge in [0.1, 0.15) is 5.82 Å². The first-order valence-corrected chi connectivity index (χ1v) is 12.7. The maximum absolute atomic E-state index is 13.7. The molecule has 0 spiro atoms. The second-order valence-electron chi connectivity index (χ2n) is 9.47. The number of hydrogen-bond acceptors (Lipinski definition) is 5. The predicted molar refractivity (Wildman–Crippen MR) is 140 cm³/mol. The lowest BCUT2D eigenvalue weighted by molar-refractivity contribution is -0.116. The van der Waals surface area contributed by atoms with Gasteiger partial charge in [-0.3, -0.25) is 9.59 Å². The Morgan fingerprint density at radius 3 is 2.51 bits per heavy atom. The van der Waals surface area contributed by atoms with Crippen molar-refractivity contribution < 1.29 is 9.59 Å². The van der Waals surface area contributed by atoms with E-state index in [1.807, 2.05) is 44.2 Å². The van der Waals surface area contributed by atoms with Gasteiger partial charge in [0.05, 0.1) is 0 Å². The first-order valence-electron chi connectivity index (χ1n) is 11.9. The van der Waals surface area contributed by atoms with Gasteiger partial charge in [-0.2, -0.15) is 0 Å². The summed E-state index contributed by atoms with van der Waals surface area (Å²) in [5.74, 6) is 0.107. The molecule has 35 heavy (non-hydrogen) atoms. The summed E-state index contributed by atoms with van der Waals surface area (Å²) in [4.78, 5) is 34.0. The molecule has 6 heteroatoms. The largest absolute Gasteiger partial charge is 0.362 e. The van der Waals surface area contributed by atoms with Gasteiger partial charge in [-0.05, 0) is 74.9 Å². The smallest absolute Gasteiger partial charge is 0.255 e. The van der Waals surface area contributed by atoms with Gasteiger partial charge in [-0.25, -0.2) is 4.98 Å². The minimum atomic E-state index is -0.398. The van der Waals surface area contributed by atoms with E-state index in [0.29, 0.717) is 17.8 Å². The molecule has 0 bridgehead atoms. The van der Waals surface area contributed by atoms with Crippen molar-refractivity contribution in [3.63, 3.8) is 0 Å². The number of aromatic nitrogens is 1. The van der Waals surface area contributed by atoms with Gasteiger partial charge in [0.15, 0.2) is 5.78 Å². The van der Waals surface area contributed by atoms with Crippen molar-refractivity contribution in [2.75, 3.05) is 5.32 Å². The summed E-state index contributed by atoms with van der Waals surface area (Å²) in [6.07, 6.45) is 2.87. The van der Waals surface area contributed by atoms with Crippen LogP contribution in [-0.4, -0.2) is 16.7 Å². The average Bonchev–Trinajstić information content (AvgIpc) is 3.16. The Morgan fingerprint density at radius 2 is 1.83 bits per heavy atom. The fourth-order valence-corrected chi connectivity index (χ4v) is 6.30. The number of rotatable bonds is 4. The number of amides is 1. The monoisotopic (exact) mass is 483 g/mol. The molecule has 0 radical (unpaired) electrons. The summed E-state index contributed by atoms with van der Waals surface area (Å²) < 4.78 is 0. The van der Waals surface area contributed by atoms with Gasteiger partial charge in [0.2, 0.25) is 0 Å². The Bertz CT molecular complexity index is 1380. The number of pyridine rings is 1. The Labute approximate surface area is 210 Å². The average molecular weight is 484 g/mol. The van der Waals surface area contributed by atoms with Crippen LogP contribution in [0.4, 0.5) is 5.82 Å². The van der Waals surface area contributed by atoms with Crippen LogP contribution in [0.2, 0.25) is 0 Å². The van der Waals surface area contributed by atoms with Crippen LogP contribution in [0.15, 0.2) is 77.3 Å². The molecule has 0 saturated heterocycles. The Kier molecular flexibility index (Phi) is 6.15. The van der Waals surface area contributed by atoms with Crippen LogP contribution in [-0.2, 0) is 9.59 Å². The van der Waals surface area contributed by atoms with E-state index in [1.54, 1.807) is 17.5 Å². The van der Waals surface area contributed by atoms with Crippen molar-refractivity contribution in [1.29, 1.82) is 0 Å². The minimum absolute atomic E-state index is 0.104. The normalized spacial score (nSPS) is 19.9. The summed E-state index contributed by atoms with van der Waals surface area (Å²) in [6.45, 7) is 8.03. The zero-order chi connectivity index (χ0) is 24.7. The van der Waals surface area contributed by atoms with Crippen LogP contribution in [0, 0.1) is 20.8 Å². The number of carbonyl (C=O) groups is 2. The van der Waals surface area contributed by atoms with Gasteiger partial charge in [-0.1, -0.05) is 30.3 Å². The molecule has 2 aliphatic rings. The lowest BCUT2D eigenvalue weighted by Crippen LogP contribution is -2.37. The molecule has 2 N–H and O–H groups in total. The molecule has 0 saturated carbocycles. The molecular formula is C29H29N3O2S. The van der Waals surface area contributed by atoms with Gasteiger partial charge in [0, 0.05) is 50.8 Å². The van der Waals surface area contributed by atoms with Crippen LogP contribution in [0.1, 0.15) is 58.0 Å². The predicted octanol–water partition coefficient (Wildman–Crippen LogP) is 6.07. The molecule has 1 aromatic carbocycles. The highest BCUT2D eigenvalue weighted by atomic mass is 32.1. The first-order chi connectivity index (χ1) is 16.8. The van der Waals surface area contributed by atoms with E-state index in [0.717, 1.165) is 39.4 Å². The summed E-state index contributed by atoms with van der Waals surface area (Å²) in [6, 6.07) is 16.1. The molecule has 2 atom stereocenters. The first kappa shape index (κ1) is 23.2. The van der Waals surface area contributed by atoms with Crippen molar-refractivity contribution in [3.8, 4) is 0 Å². The molecule has 5 rings (SSSR count). The summed E-state index contributed by atoms with van der Waals surface area (Å²) in [7, 11) is 0. The van der Waals surface area contributed by atoms with Crippen molar-refractivity contribution >= 4 is 28.8 Å². The van der Waals surface area contributed by atoms with Crippen LogP contribution >= 0.6 is 11.3 Å². The van der Waals surface area contributed by atoms with Crippen molar-refractivity contribution in [2.45, 2.75) is 52.4 Å². The SMILES string of the molecule is CC1=C(C(=O)Nc2cc(C)ccn2)[C@H](c2cc(C)sc2C)C2=C(C[C@@H](c3ccccc3)CC2=O)N1. The number of anilines is 1. The summed E-state index contributed by atoms with van der Waals surface area (Å²) in [5, 5.41) is 6.44. The van der Waals surface area contributed by atoms with E-state index in [-0.39, 0.29) is 17.6 Å². The number of Topliss-reactive ketones (excluding diaryl/α,β-unsaturated/α-hetero) is 1. The lowest BCUT2D eigenvalue weighted by atomic mass is 9.71. The Hall–Kier alpha value is -3.51. The molecule has 0 unspecified atom stereocenters. The number of ketones is 1. The molecule has 3 aromatic rings. The molecule has 178 valence electrons. The highest BCUT2D eigenvalue weighted by Crippen LogP contribution is 2.47. The number of thiophene rings is 1. The quantitative estimate of drug-likeness (QED) is 0.473. The number of allylic oxidation sites excluding steroid dienone is 3. The van der Waals surface area contributed by atoms with Crippen LogP contribution in [0.5, 0.6) is 0 Å². The Morgan fingerprint density at radius 1 is 1.06 bits per heavy atom. The van der Waals surface area contributed by atoms with Gasteiger partial charge in [0.25, 0.3) is 5.91 Å². The van der Waals surface area contributed by atoms with Crippen LogP contribution in [0.25, 0.3) is 0 Å².